The molecule has 160 valence electrons. The van der Waals surface area contributed by atoms with Gasteiger partial charge in [0, 0.05) is 31.1 Å². The Balaban J connectivity index is 1.29. The molecular weight excluding hydrogens is 388 g/mol. The van der Waals surface area contributed by atoms with Gasteiger partial charge in [0.15, 0.2) is 0 Å². The lowest BCUT2D eigenvalue weighted by molar-refractivity contribution is -0.127. The van der Waals surface area contributed by atoms with Crippen LogP contribution in [0.2, 0.25) is 0 Å². The van der Waals surface area contributed by atoms with Crippen molar-refractivity contribution in [3.8, 4) is 5.75 Å². The Morgan fingerprint density at radius 2 is 1.84 bits per heavy atom. The van der Waals surface area contributed by atoms with Crippen molar-refractivity contribution in [1.82, 2.24) is 20.2 Å². The quantitative estimate of drug-likeness (QED) is 0.609. The zero-order valence-corrected chi connectivity index (χ0v) is 17.6. The zero-order chi connectivity index (χ0) is 21.3. The summed E-state index contributed by atoms with van der Waals surface area (Å²) in [5.74, 6) is 0.988. The maximum absolute atomic E-state index is 13.1. The molecule has 0 bridgehead atoms. The molecule has 4 rings (SSSR count). The molecule has 3 heterocycles. The van der Waals surface area contributed by atoms with Crippen molar-refractivity contribution < 1.29 is 9.53 Å². The fourth-order valence-corrected chi connectivity index (χ4v) is 3.91. The lowest BCUT2D eigenvalue weighted by atomic mass is 9.94. The van der Waals surface area contributed by atoms with Crippen molar-refractivity contribution >= 4 is 5.91 Å². The highest BCUT2D eigenvalue weighted by atomic mass is 16.5. The van der Waals surface area contributed by atoms with Crippen LogP contribution in [0.5, 0.6) is 5.75 Å². The van der Waals surface area contributed by atoms with E-state index in [0.717, 1.165) is 49.5 Å². The van der Waals surface area contributed by atoms with Crippen LogP contribution >= 0.6 is 0 Å². The molecule has 6 nitrogen and oxygen atoms in total. The van der Waals surface area contributed by atoms with Crippen LogP contribution in [-0.4, -0.2) is 47.0 Å². The molecule has 3 aromatic rings. The van der Waals surface area contributed by atoms with E-state index in [2.05, 4.69) is 20.2 Å². The van der Waals surface area contributed by atoms with Crippen LogP contribution in [0, 0.1) is 5.92 Å². The number of aromatic nitrogens is 2. The summed E-state index contributed by atoms with van der Waals surface area (Å²) in [5.41, 5.74) is 1.75. The van der Waals surface area contributed by atoms with Crippen molar-refractivity contribution in [3.63, 3.8) is 0 Å². The predicted molar refractivity (Wildman–Crippen MR) is 120 cm³/mol. The summed E-state index contributed by atoms with van der Waals surface area (Å²) in [6.07, 6.45) is 6.96. The molecule has 1 aromatic carbocycles. The topological polar surface area (TPSA) is 67.4 Å². The van der Waals surface area contributed by atoms with Crippen molar-refractivity contribution in [2.24, 2.45) is 5.92 Å². The molecule has 6 heteroatoms. The van der Waals surface area contributed by atoms with Gasteiger partial charge in [-0.1, -0.05) is 30.3 Å². The summed E-state index contributed by atoms with van der Waals surface area (Å²) >= 11 is 0. The molecule has 1 N–H and O–H groups in total. The molecule has 1 unspecified atom stereocenters. The highest BCUT2D eigenvalue weighted by Gasteiger charge is 2.27. The number of pyridine rings is 2. The smallest absolute Gasteiger partial charge is 0.224 e. The number of carbonyl (C=O) groups excluding carboxylic acids is 1. The van der Waals surface area contributed by atoms with Crippen LogP contribution in [0.3, 0.4) is 0 Å². The second-order valence-corrected chi connectivity index (χ2v) is 7.76. The average Bonchev–Trinajstić information content (AvgIpc) is 2.84. The second kappa shape index (κ2) is 10.7. The van der Waals surface area contributed by atoms with Gasteiger partial charge in [-0.2, -0.15) is 0 Å². The average molecular weight is 417 g/mol. The number of hydrogen-bond acceptors (Lipinski definition) is 5. The normalized spacial score (nSPS) is 15.9. The van der Waals surface area contributed by atoms with E-state index in [1.807, 2.05) is 60.7 Å². The summed E-state index contributed by atoms with van der Waals surface area (Å²) in [6.45, 7) is 3.33. The molecule has 1 amide bonds. The fourth-order valence-electron chi connectivity index (χ4n) is 3.91. The highest BCUT2D eigenvalue weighted by molar-refractivity contribution is 5.79. The number of ether oxygens (including phenoxy) is 1. The van der Waals surface area contributed by atoms with Gasteiger partial charge in [-0.3, -0.25) is 19.7 Å². The SMILES string of the molecule is O=C(NC(c1cccnc1)c1ccccn1)C1CCN(CCOc2ccccc2)CC1. The number of benzene rings is 1. The van der Waals surface area contributed by atoms with Gasteiger partial charge in [0.1, 0.15) is 12.4 Å². The Kier molecular flexibility index (Phi) is 7.24. The minimum Gasteiger partial charge on any atom is -0.492 e. The van der Waals surface area contributed by atoms with Crippen LogP contribution in [0.15, 0.2) is 79.3 Å². The maximum atomic E-state index is 13.1. The predicted octanol–water partition coefficient (Wildman–Crippen LogP) is 3.47. The van der Waals surface area contributed by atoms with E-state index in [4.69, 9.17) is 4.74 Å². The number of carbonyl (C=O) groups is 1. The first-order valence-electron chi connectivity index (χ1n) is 10.8. The Bertz CT molecular complexity index is 890. The van der Waals surface area contributed by atoms with Gasteiger partial charge < -0.3 is 10.1 Å². The second-order valence-electron chi connectivity index (χ2n) is 7.76. The van der Waals surface area contributed by atoms with E-state index < -0.39 is 0 Å². The first-order valence-corrected chi connectivity index (χ1v) is 10.8. The van der Waals surface area contributed by atoms with Crippen LogP contribution in [0.25, 0.3) is 0 Å². The Hall–Kier alpha value is -3.25. The Labute approximate surface area is 183 Å². The van der Waals surface area contributed by atoms with Crippen molar-refractivity contribution in [3.05, 3.63) is 90.5 Å². The van der Waals surface area contributed by atoms with Crippen LogP contribution in [-0.2, 0) is 4.79 Å². The lowest BCUT2D eigenvalue weighted by Crippen LogP contribution is -2.43. The molecule has 0 radical (unpaired) electrons. The van der Waals surface area contributed by atoms with E-state index in [9.17, 15) is 4.79 Å². The number of piperidine rings is 1. The lowest BCUT2D eigenvalue weighted by Gasteiger charge is -2.32. The molecule has 1 fully saturated rings. The van der Waals surface area contributed by atoms with Crippen molar-refractivity contribution in [2.45, 2.75) is 18.9 Å². The van der Waals surface area contributed by atoms with Gasteiger partial charge in [0.2, 0.25) is 5.91 Å². The van der Waals surface area contributed by atoms with Gasteiger partial charge >= 0.3 is 0 Å². The number of likely N-dealkylation sites (tertiary alicyclic amines) is 1. The monoisotopic (exact) mass is 416 g/mol. The summed E-state index contributed by atoms with van der Waals surface area (Å²) in [4.78, 5) is 24.1. The fraction of sp³-hybridized carbons (Fsp3) is 0.320. The summed E-state index contributed by atoms with van der Waals surface area (Å²) in [5, 5.41) is 3.21. The van der Waals surface area contributed by atoms with Crippen LogP contribution < -0.4 is 10.1 Å². The van der Waals surface area contributed by atoms with Crippen molar-refractivity contribution in [2.75, 3.05) is 26.2 Å². The van der Waals surface area contributed by atoms with Gasteiger partial charge in [0.05, 0.1) is 11.7 Å². The molecule has 0 spiro atoms. The first-order chi connectivity index (χ1) is 15.3. The van der Waals surface area contributed by atoms with Gasteiger partial charge in [-0.25, -0.2) is 0 Å². The molecular formula is C25H28N4O2. The first kappa shape index (κ1) is 21.0. The molecule has 2 aromatic heterocycles. The highest BCUT2D eigenvalue weighted by Crippen LogP contribution is 2.23. The minimum absolute atomic E-state index is 0.00850. The van der Waals surface area contributed by atoms with Crippen LogP contribution in [0.1, 0.15) is 30.1 Å². The number of nitrogens with one attached hydrogen (secondary N) is 1. The largest absolute Gasteiger partial charge is 0.492 e. The van der Waals surface area contributed by atoms with E-state index in [1.54, 1.807) is 18.6 Å². The molecule has 1 aliphatic rings. The number of rotatable bonds is 8. The van der Waals surface area contributed by atoms with E-state index >= 15 is 0 Å². The summed E-state index contributed by atoms with van der Waals surface area (Å²) in [7, 11) is 0. The summed E-state index contributed by atoms with van der Waals surface area (Å²) in [6, 6.07) is 19.2. The molecule has 1 aliphatic heterocycles. The summed E-state index contributed by atoms with van der Waals surface area (Å²) < 4.78 is 5.80. The van der Waals surface area contributed by atoms with Gasteiger partial charge in [-0.05, 0) is 61.8 Å². The van der Waals surface area contributed by atoms with E-state index in [0.29, 0.717) is 6.61 Å². The molecule has 1 atom stereocenters. The number of para-hydroxylation sites is 1. The third-order valence-electron chi connectivity index (χ3n) is 5.67. The molecule has 0 aliphatic carbocycles. The van der Waals surface area contributed by atoms with E-state index in [-0.39, 0.29) is 17.9 Å². The Morgan fingerprint density at radius 1 is 1.03 bits per heavy atom. The third kappa shape index (κ3) is 5.89. The number of hydrogen-bond donors (Lipinski definition) is 1. The third-order valence-corrected chi connectivity index (χ3v) is 5.67. The number of amides is 1. The molecule has 0 saturated carbocycles. The van der Waals surface area contributed by atoms with Crippen LogP contribution in [0.4, 0.5) is 0 Å². The minimum atomic E-state index is -0.292. The van der Waals surface area contributed by atoms with Crippen molar-refractivity contribution in [1.29, 1.82) is 0 Å². The van der Waals surface area contributed by atoms with Gasteiger partial charge in [-0.15, -0.1) is 0 Å². The Morgan fingerprint density at radius 3 is 2.55 bits per heavy atom. The maximum Gasteiger partial charge on any atom is 0.224 e. The number of nitrogens with zero attached hydrogens (tertiary/aromatic N) is 3. The molecule has 1 saturated heterocycles. The standard InChI is InChI=1S/C25H28N4O2/c30-25(28-24(21-7-6-13-26-19-21)23-10-4-5-14-27-23)20-11-15-29(16-12-20)17-18-31-22-8-2-1-3-9-22/h1-10,13-14,19-20,24H,11-12,15-18H2,(H,28,30). The van der Waals surface area contributed by atoms with Gasteiger partial charge in [0.25, 0.3) is 0 Å². The van der Waals surface area contributed by atoms with E-state index in [1.165, 1.54) is 0 Å². The molecule has 31 heavy (non-hydrogen) atoms. The zero-order valence-electron chi connectivity index (χ0n) is 17.6.